The first kappa shape index (κ1) is 13.4. The third-order valence-corrected chi connectivity index (χ3v) is 4.12. The maximum Gasteiger partial charge on any atom is 0.0963 e. The second-order valence-electron chi connectivity index (χ2n) is 5.72. The van der Waals surface area contributed by atoms with Gasteiger partial charge in [-0.05, 0) is 26.1 Å². The van der Waals surface area contributed by atoms with Crippen molar-refractivity contribution < 1.29 is 4.48 Å². The van der Waals surface area contributed by atoms with Crippen molar-refractivity contribution in [3.63, 3.8) is 0 Å². The topological polar surface area (TPSA) is 15.3 Å². The molecule has 0 atom stereocenters. The molecule has 0 saturated carbocycles. The Hall–Kier alpha value is -1.06. The number of benzene rings is 1. The van der Waals surface area contributed by atoms with Gasteiger partial charge in [-0.3, -0.25) is 0 Å². The third-order valence-electron chi connectivity index (χ3n) is 4.12. The van der Waals surface area contributed by atoms with Gasteiger partial charge in [0.05, 0.1) is 39.8 Å². The first-order chi connectivity index (χ1) is 8.63. The Kier molecular flexibility index (Phi) is 4.25. The lowest BCUT2D eigenvalue weighted by Crippen LogP contribution is -2.59. The summed E-state index contributed by atoms with van der Waals surface area (Å²) >= 11 is 0. The predicted octanol–water partition coefficient (Wildman–Crippen LogP) is 1.48. The minimum atomic E-state index is 1.11. The second kappa shape index (κ2) is 5.72. The summed E-state index contributed by atoms with van der Waals surface area (Å²) in [5.41, 5.74) is 2.71. The van der Waals surface area contributed by atoms with E-state index in [4.69, 9.17) is 0 Å². The lowest BCUT2D eigenvalue weighted by molar-refractivity contribution is -0.908. The zero-order valence-corrected chi connectivity index (χ0v) is 11.9. The van der Waals surface area contributed by atoms with E-state index in [1.165, 1.54) is 48.5 Å². The van der Waals surface area contributed by atoms with Gasteiger partial charge in [0.25, 0.3) is 0 Å². The Balaban J connectivity index is 1.91. The molecule has 1 saturated heterocycles. The first-order valence-corrected chi connectivity index (χ1v) is 6.93. The molecule has 1 aromatic carbocycles. The van der Waals surface area contributed by atoms with Crippen molar-refractivity contribution in [2.45, 2.75) is 6.92 Å². The van der Waals surface area contributed by atoms with Crippen LogP contribution < -0.4 is 10.2 Å². The summed E-state index contributed by atoms with van der Waals surface area (Å²) in [6, 6.07) is 8.91. The fraction of sp³-hybridized carbons (Fsp3) is 0.600. The Morgan fingerprint density at radius 2 is 1.78 bits per heavy atom. The van der Waals surface area contributed by atoms with Crippen molar-refractivity contribution in [1.29, 1.82) is 0 Å². The zero-order valence-electron chi connectivity index (χ0n) is 11.9. The van der Waals surface area contributed by atoms with E-state index in [1.54, 1.807) is 0 Å². The average Bonchev–Trinajstić information content (AvgIpc) is 2.39. The first-order valence-electron chi connectivity index (χ1n) is 6.93. The smallest absolute Gasteiger partial charge is 0.0963 e. The van der Waals surface area contributed by atoms with E-state index in [0.29, 0.717) is 0 Å². The van der Waals surface area contributed by atoms with Crippen LogP contribution in [-0.2, 0) is 0 Å². The monoisotopic (exact) mass is 248 g/mol. The van der Waals surface area contributed by atoms with E-state index in [9.17, 15) is 0 Å². The van der Waals surface area contributed by atoms with Gasteiger partial charge >= 0.3 is 0 Å². The van der Waals surface area contributed by atoms with Crippen LogP contribution in [0, 0.1) is 6.92 Å². The highest BCUT2D eigenvalue weighted by Gasteiger charge is 2.27. The number of nitrogens with one attached hydrogen (secondary N) is 1. The largest absolute Gasteiger partial charge is 0.360 e. The van der Waals surface area contributed by atoms with Crippen LogP contribution in [0.15, 0.2) is 24.3 Å². The summed E-state index contributed by atoms with van der Waals surface area (Å²) in [7, 11) is 4.42. The van der Waals surface area contributed by atoms with Crippen LogP contribution >= 0.6 is 0 Å². The molecule has 0 bridgehead atoms. The number of aryl methyl sites for hydroxylation is 1. The van der Waals surface area contributed by atoms with Gasteiger partial charge in [-0.15, -0.1) is 0 Å². The summed E-state index contributed by atoms with van der Waals surface area (Å²) in [5, 5.41) is 3.26. The molecule has 0 unspecified atom stereocenters. The lowest BCUT2D eigenvalue weighted by Gasteiger charge is -2.43. The van der Waals surface area contributed by atoms with Gasteiger partial charge in [-0.2, -0.15) is 0 Å². The molecule has 1 aliphatic rings. The van der Waals surface area contributed by atoms with Gasteiger partial charge in [-0.25, -0.2) is 0 Å². The molecular formula is C15H26N3+. The molecule has 1 aromatic rings. The Labute approximate surface area is 111 Å². The maximum atomic E-state index is 3.26. The number of nitrogens with zero attached hydrogens (tertiary/aromatic N) is 2. The molecule has 0 aromatic heterocycles. The molecular weight excluding hydrogens is 222 g/mol. The van der Waals surface area contributed by atoms with Gasteiger partial charge in [0.15, 0.2) is 0 Å². The number of rotatable bonds is 4. The molecule has 1 aliphatic heterocycles. The summed E-state index contributed by atoms with van der Waals surface area (Å²) in [5.74, 6) is 0. The highest BCUT2D eigenvalue weighted by Crippen LogP contribution is 2.19. The molecule has 3 nitrogen and oxygen atoms in total. The molecule has 0 radical (unpaired) electrons. The van der Waals surface area contributed by atoms with E-state index < -0.39 is 0 Å². The molecule has 100 valence electrons. The highest BCUT2D eigenvalue weighted by atomic mass is 15.4. The molecule has 0 aliphatic carbocycles. The summed E-state index contributed by atoms with van der Waals surface area (Å²) < 4.78 is 1.20. The number of piperazine rings is 1. The molecule has 1 N–H and O–H groups in total. The van der Waals surface area contributed by atoms with Crippen LogP contribution in [0.1, 0.15) is 5.56 Å². The number of likely N-dealkylation sites (N-methyl/N-ethyl adjacent to an activating group) is 2. The Morgan fingerprint density at radius 1 is 1.17 bits per heavy atom. The average molecular weight is 248 g/mol. The molecule has 0 spiro atoms. The van der Waals surface area contributed by atoms with Crippen molar-refractivity contribution in [2.75, 3.05) is 58.3 Å². The fourth-order valence-corrected chi connectivity index (χ4v) is 2.57. The molecule has 0 amide bonds. The van der Waals surface area contributed by atoms with E-state index in [1.807, 2.05) is 7.05 Å². The van der Waals surface area contributed by atoms with Crippen molar-refractivity contribution >= 4 is 5.69 Å². The lowest BCUT2D eigenvalue weighted by atomic mass is 10.2. The molecule has 3 heteroatoms. The van der Waals surface area contributed by atoms with Crippen LogP contribution in [0.5, 0.6) is 0 Å². The highest BCUT2D eigenvalue weighted by molar-refractivity contribution is 5.47. The number of anilines is 1. The Morgan fingerprint density at radius 3 is 2.33 bits per heavy atom. The van der Waals surface area contributed by atoms with E-state index in [-0.39, 0.29) is 0 Å². The van der Waals surface area contributed by atoms with Crippen molar-refractivity contribution in [2.24, 2.45) is 0 Å². The van der Waals surface area contributed by atoms with Crippen LogP contribution in [0.3, 0.4) is 0 Å². The minimum absolute atomic E-state index is 1.11. The Bertz CT molecular complexity index is 364. The van der Waals surface area contributed by atoms with E-state index in [0.717, 1.165) is 6.54 Å². The standard InChI is InChI=1S/C15H26N3/c1-14-4-6-15(7-5-14)17-9-12-18(3,13-10-17)11-8-16-2/h4-7,16H,8-13H2,1-3H3/q+1. The second-order valence-corrected chi connectivity index (χ2v) is 5.72. The number of hydrogen-bond donors (Lipinski definition) is 1. The number of hydrogen-bond acceptors (Lipinski definition) is 2. The zero-order chi connectivity index (χ0) is 13.0. The van der Waals surface area contributed by atoms with Gasteiger partial charge in [0.1, 0.15) is 0 Å². The van der Waals surface area contributed by atoms with E-state index >= 15 is 0 Å². The van der Waals surface area contributed by atoms with Crippen LogP contribution in [0.4, 0.5) is 5.69 Å². The quantitative estimate of drug-likeness (QED) is 0.812. The van der Waals surface area contributed by atoms with Gasteiger partial charge < -0.3 is 14.7 Å². The molecule has 1 heterocycles. The molecule has 2 rings (SSSR count). The minimum Gasteiger partial charge on any atom is -0.360 e. The molecule has 18 heavy (non-hydrogen) atoms. The van der Waals surface area contributed by atoms with E-state index in [2.05, 4.69) is 48.5 Å². The van der Waals surface area contributed by atoms with Crippen LogP contribution in [0.25, 0.3) is 0 Å². The number of quaternary nitrogens is 1. The summed E-state index contributed by atoms with van der Waals surface area (Å²) in [6.45, 7) is 9.32. The predicted molar refractivity (Wildman–Crippen MR) is 78.1 cm³/mol. The third kappa shape index (κ3) is 3.24. The summed E-state index contributed by atoms with van der Waals surface area (Å²) in [6.07, 6.45) is 0. The normalized spacial score (nSPS) is 18.9. The van der Waals surface area contributed by atoms with Crippen LogP contribution in [0.2, 0.25) is 0 Å². The fourth-order valence-electron chi connectivity index (χ4n) is 2.57. The maximum absolute atomic E-state index is 3.26. The van der Waals surface area contributed by atoms with Gasteiger partial charge in [0, 0.05) is 12.2 Å². The SMILES string of the molecule is CNCC[N+]1(C)CCN(c2ccc(C)cc2)CC1. The van der Waals surface area contributed by atoms with Crippen LogP contribution in [-0.4, -0.2) is 57.8 Å². The van der Waals surface area contributed by atoms with Gasteiger partial charge in [0.2, 0.25) is 0 Å². The van der Waals surface area contributed by atoms with Crippen molar-refractivity contribution in [3.05, 3.63) is 29.8 Å². The summed E-state index contributed by atoms with van der Waals surface area (Å²) in [4.78, 5) is 2.51. The van der Waals surface area contributed by atoms with Crippen molar-refractivity contribution in [3.8, 4) is 0 Å². The van der Waals surface area contributed by atoms with Gasteiger partial charge in [-0.1, -0.05) is 17.7 Å². The molecule has 1 fully saturated rings. The van der Waals surface area contributed by atoms with Crippen molar-refractivity contribution in [1.82, 2.24) is 5.32 Å².